The van der Waals surface area contributed by atoms with Gasteiger partial charge in [0.05, 0.1) is 6.61 Å². The first-order valence-corrected chi connectivity index (χ1v) is 10.9. The van der Waals surface area contributed by atoms with Crippen LogP contribution in [0.1, 0.15) is 102 Å². The molecule has 1 rings (SSSR count). The minimum absolute atomic E-state index is 0.575. The van der Waals surface area contributed by atoms with Crippen molar-refractivity contribution in [3.05, 3.63) is 28.7 Å². The molecule has 0 atom stereocenters. The van der Waals surface area contributed by atoms with Crippen LogP contribution in [0.15, 0.2) is 18.2 Å². The van der Waals surface area contributed by atoms with E-state index >= 15 is 0 Å². The van der Waals surface area contributed by atoms with E-state index in [0.29, 0.717) is 5.69 Å². The van der Waals surface area contributed by atoms with Gasteiger partial charge in [0.15, 0.2) is 4.98 Å². The molecule has 1 aromatic rings. The second kappa shape index (κ2) is 15.7. The largest absolute Gasteiger partial charge is 0.493 e. The van der Waals surface area contributed by atoms with Crippen LogP contribution in [0.5, 0.6) is 5.75 Å². The van der Waals surface area contributed by atoms with Crippen molar-refractivity contribution in [2.24, 2.45) is 0 Å². The molecule has 0 fully saturated rings. The molecule has 0 saturated carbocycles. The minimum atomic E-state index is 0.575. The zero-order chi connectivity index (χ0) is 18.9. The van der Waals surface area contributed by atoms with E-state index in [0.717, 1.165) is 24.3 Å². The first-order valence-electron chi connectivity index (χ1n) is 10.9. The molecule has 0 aliphatic heterocycles. The summed E-state index contributed by atoms with van der Waals surface area (Å²) in [5.41, 5.74) is 1.59. The van der Waals surface area contributed by atoms with Crippen LogP contribution in [0, 0.1) is 12.3 Å². The first kappa shape index (κ1) is 22.5. The van der Waals surface area contributed by atoms with E-state index in [-0.39, 0.29) is 0 Å². The van der Waals surface area contributed by atoms with Gasteiger partial charge >= 0.3 is 5.69 Å². The Morgan fingerprint density at radius 3 is 1.73 bits per heavy atom. The smallest absolute Gasteiger partial charge is 0.385 e. The Labute approximate surface area is 161 Å². The van der Waals surface area contributed by atoms with Crippen LogP contribution < -0.4 is 4.74 Å². The summed E-state index contributed by atoms with van der Waals surface area (Å²) in [4.78, 5) is 3.19. The number of ether oxygens (including phenoxy) is 1. The third-order valence-electron chi connectivity index (χ3n) is 5.03. The molecule has 26 heavy (non-hydrogen) atoms. The lowest BCUT2D eigenvalue weighted by molar-refractivity contribution is 0.302. The van der Waals surface area contributed by atoms with E-state index in [1.807, 2.05) is 19.1 Å². The van der Waals surface area contributed by atoms with Crippen molar-refractivity contribution in [2.75, 3.05) is 6.61 Å². The Morgan fingerprint density at radius 2 is 1.27 bits per heavy atom. The van der Waals surface area contributed by atoms with E-state index in [1.54, 1.807) is 6.07 Å². The molecule has 0 N–H and O–H groups in total. The van der Waals surface area contributed by atoms with Crippen LogP contribution in [0.4, 0.5) is 5.69 Å². The van der Waals surface area contributed by atoms with Crippen molar-refractivity contribution in [3.63, 3.8) is 0 Å². The minimum Gasteiger partial charge on any atom is -0.493 e. The maximum atomic E-state index is 8.75. The molecule has 0 spiro atoms. The Morgan fingerprint density at radius 1 is 0.769 bits per heavy atom. The van der Waals surface area contributed by atoms with Crippen molar-refractivity contribution in [2.45, 2.75) is 104 Å². The Balaban J connectivity index is 1.86. The fourth-order valence-corrected chi connectivity index (χ4v) is 3.34. The van der Waals surface area contributed by atoms with E-state index in [1.165, 1.54) is 83.5 Å². The predicted molar refractivity (Wildman–Crippen MR) is 112 cm³/mol. The van der Waals surface area contributed by atoms with Crippen molar-refractivity contribution in [1.82, 2.24) is 0 Å². The summed E-state index contributed by atoms with van der Waals surface area (Å²) in [6.45, 7) is 5.03. The van der Waals surface area contributed by atoms with Gasteiger partial charge in [0.1, 0.15) is 5.75 Å². The third kappa shape index (κ3) is 11.1. The maximum Gasteiger partial charge on any atom is 0.385 e. The highest BCUT2D eigenvalue weighted by molar-refractivity contribution is 5.50. The van der Waals surface area contributed by atoms with E-state index in [4.69, 9.17) is 10.1 Å². The summed E-state index contributed by atoms with van der Waals surface area (Å²) in [7, 11) is 0. The van der Waals surface area contributed by atoms with Crippen molar-refractivity contribution in [3.8, 4) is 5.75 Å². The quantitative estimate of drug-likeness (QED) is 0.220. The molecule has 0 aliphatic rings. The number of nitrogens with zero attached hydrogens (tertiary/aromatic N) is 2. The molecule has 3 heteroatoms. The van der Waals surface area contributed by atoms with Gasteiger partial charge < -0.3 is 4.74 Å². The molecule has 0 radical (unpaired) electrons. The SMILES string of the molecule is CCCCCCCCCCCCCCCCOc1ccc([N+]#N)cc1C. The number of hydrogen-bond donors (Lipinski definition) is 0. The number of aryl methyl sites for hydroxylation is 1. The average molecular weight is 360 g/mol. The van der Waals surface area contributed by atoms with E-state index < -0.39 is 0 Å². The van der Waals surface area contributed by atoms with Crippen LogP contribution in [-0.2, 0) is 0 Å². The molecule has 0 heterocycles. The van der Waals surface area contributed by atoms with E-state index in [2.05, 4.69) is 11.9 Å². The summed E-state index contributed by atoms with van der Waals surface area (Å²) < 4.78 is 5.82. The van der Waals surface area contributed by atoms with Gasteiger partial charge in [-0.05, 0) is 25.0 Å². The molecule has 0 aromatic heterocycles. The van der Waals surface area contributed by atoms with Gasteiger partial charge in [0.2, 0.25) is 5.39 Å². The number of hydrogen-bond acceptors (Lipinski definition) is 2. The third-order valence-corrected chi connectivity index (χ3v) is 5.03. The van der Waals surface area contributed by atoms with Gasteiger partial charge in [-0.25, -0.2) is 0 Å². The molecule has 0 saturated heterocycles. The monoisotopic (exact) mass is 359 g/mol. The van der Waals surface area contributed by atoms with Crippen molar-refractivity contribution in [1.29, 1.82) is 5.39 Å². The highest BCUT2D eigenvalue weighted by atomic mass is 16.5. The normalized spacial score (nSPS) is 10.7. The lowest BCUT2D eigenvalue weighted by Crippen LogP contribution is -1.98. The number of benzene rings is 1. The van der Waals surface area contributed by atoms with Crippen LogP contribution in [0.25, 0.3) is 4.98 Å². The molecule has 3 nitrogen and oxygen atoms in total. The lowest BCUT2D eigenvalue weighted by Gasteiger charge is -2.08. The summed E-state index contributed by atoms with van der Waals surface area (Å²) in [5, 5.41) is 8.75. The van der Waals surface area contributed by atoms with Gasteiger partial charge in [-0.15, -0.1) is 0 Å². The van der Waals surface area contributed by atoms with Gasteiger partial charge in [-0.1, -0.05) is 90.4 Å². The number of rotatable bonds is 16. The van der Waals surface area contributed by atoms with Crippen molar-refractivity contribution < 1.29 is 4.74 Å². The highest BCUT2D eigenvalue weighted by Gasteiger charge is 2.07. The Bertz CT molecular complexity index is 507. The molecule has 1 aromatic carbocycles. The van der Waals surface area contributed by atoms with Crippen LogP contribution >= 0.6 is 0 Å². The van der Waals surface area contributed by atoms with Gasteiger partial charge in [-0.2, -0.15) is 0 Å². The predicted octanol–water partition coefficient (Wildman–Crippen LogP) is 8.34. The number of unbranched alkanes of at least 4 members (excludes halogenated alkanes) is 13. The second-order valence-electron chi connectivity index (χ2n) is 7.49. The molecular formula is C23H39N2O+. The molecule has 0 amide bonds. The van der Waals surface area contributed by atoms with Crippen LogP contribution in [0.3, 0.4) is 0 Å². The lowest BCUT2D eigenvalue weighted by atomic mass is 10.0. The van der Waals surface area contributed by atoms with Gasteiger partial charge in [-0.3, -0.25) is 0 Å². The van der Waals surface area contributed by atoms with Crippen molar-refractivity contribution >= 4 is 5.69 Å². The number of diazo groups is 1. The molecule has 0 aliphatic carbocycles. The van der Waals surface area contributed by atoms with Crippen LogP contribution in [-0.4, -0.2) is 6.61 Å². The Hall–Kier alpha value is -1.56. The van der Waals surface area contributed by atoms with Crippen LogP contribution in [0.2, 0.25) is 0 Å². The maximum absolute atomic E-state index is 8.75. The summed E-state index contributed by atoms with van der Waals surface area (Å²) >= 11 is 0. The molecular weight excluding hydrogens is 320 g/mol. The summed E-state index contributed by atoms with van der Waals surface area (Å²) in [6, 6.07) is 5.49. The standard InChI is InChI=1S/C23H39N2O/c1-3-4-5-6-7-8-9-10-11-12-13-14-15-16-19-26-23-18-17-22(25-24)20-21(23)2/h17-18,20H,3-16,19H2,1-2H3/q+1. The second-order valence-corrected chi connectivity index (χ2v) is 7.49. The summed E-state index contributed by atoms with van der Waals surface area (Å²) in [6.07, 6.45) is 19.2. The first-order chi connectivity index (χ1) is 12.8. The molecule has 0 bridgehead atoms. The highest BCUT2D eigenvalue weighted by Crippen LogP contribution is 2.23. The zero-order valence-electron chi connectivity index (χ0n) is 17.1. The summed E-state index contributed by atoms with van der Waals surface area (Å²) in [5.74, 6) is 0.895. The zero-order valence-corrected chi connectivity index (χ0v) is 17.1. The van der Waals surface area contributed by atoms with Gasteiger partial charge in [0.25, 0.3) is 0 Å². The average Bonchev–Trinajstić information content (AvgIpc) is 2.65. The Kier molecular flexibility index (Phi) is 13.6. The fraction of sp³-hybridized carbons (Fsp3) is 0.739. The van der Waals surface area contributed by atoms with E-state index in [9.17, 15) is 0 Å². The van der Waals surface area contributed by atoms with Gasteiger partial charge in [0, 0.05) is 12.1 Å². The topological polar surface area (TPSA) is 37.4 Å². The fourth-order valence-electron chi connectivity index (χ4n) is 3.34. The molecule has 146 valence electrons. The molecule has 0 unspecified atom stereocenters.